The molecule has 174 valence electrons. The van der Waals surface area contributed by atoms with Gasteiger partial charge < -0.3 is 15.3 Å². The molecule has 2 N–H and O–H groups in total. The fourth-order valence-electron chi connectivity index (χ4n) is 4.39. The lowest BCUT2D eigenvalue weighted by atomic mass is 9.73. The minimum Gasteiger partial charge on any atom is -0.392 e. The van der Waals surface area contributed by atoms with Crippen LogP contribution in [0.4, 0.5) is 4.39 Å². The SMILES string of the molecule is CCCCN(CCCC)C1=C(C(C)C)NC(C)(C(C)C)C(CO)=C1c1ccc(F)cc1. The molecule has 0 saturated heterocycles. The Balaban J connectivity index is 2.83. The summed E-state index contributed by atoms with van der Waals surface area (Å²) in [7, 11) is 0. The van der Waals surface area contributed by atoms with Crippen LogP contribution in [0.2, 0.25) is 0 Å². The van der Waals surface area contributed by atoms with E-state index in [0.717, 1.165) is 55.5 Å². The van der Waals surface area contributed by atoms with Crippen LogP contribution in [0.25, 0.3) is 5.57 Å². The fraction of sp³-hybridized carbons (Fsp3) is 0.630. The highest BCUT2D eigenvalue weighted by Crippen LogP contribution is 2.44. The zero-order chi connectivity index (χ0) is 23.2. The second-order valence-corrected chi connectivity index (χ2v) is 9.61. The van der Waals surface area contributed by atoms with E-state index in [1.165, 1.54) is 23.5 Å². The van der Waals surface area contributed by atoms with E-state index in [1.807, 2.05) is 12.1 Å². The number of aliphatic hydroxyl groups is 1. The molecule has 4 heteroatoms. The van der Waals surface area contributed by atoms with E-state index in [2.05, 4.69) is 58.7 Å². The minimum absolute atomic E-state index is 0.0291. The largest absolute Gasteiger partial charge is 0.392 e. The maximum atomic E-state index is 13.8. The summed E-state index contributed by atoms with van der Waals surface area (Å²) in [5, 5.41) is 14.5. The van der Waals surface area contributed by atoms with Crippen molar-refractivity contribution in [2.24, 2.45) is 11.8 Å². The van der Waals surface area contributed by atoms with Crippen molar-refractivity contribution in [1.82, 2.24) is 10.2 Å². The van der Waals surface area contributed by atoms with E-state index in [9.17, 15) is 9.50 Å². The molecule has 0 aromatic heterocycles. The first-order valence-electron chi connectivity index (χ1n) is 12.1. The molecule has 0 aliphatic carbocycles. The second kappa shape index (κ2) is 11.2. The molecule has 1 atom stereocenters. The third kappa shape index (κ3) is 5.52. The number of nitrogens with zero attached hydrogens (tertiary/aromatic N) is 1. The molecule has 1 heterocycles. The van der Waals surface area contributed by atoms with Crippen molar-refractivity contribution in [3.63, 3.8) is 0 Å². The van der Waals surface area contributed by atoms with Crippen LogP contribution in [0.15, 0.2) is 41.2 Å². The van der Waals surface area contributed by atoms with Crippen LogP contribution in [-0.2, 0) is 0 Å². The zero-order valence-corrected chi connectivity index (χ0v) is 20.7. The highest BCUT2D eigenvalue weighted by Gasteiger charge is 2.41. The lowest BCUT2D eigenvalue weighted by molar-refractivity contribution is 0.244. The topological polar surface area (TPSA) is 35.5 Å². The molecule has 1 aliphatic heterocycles. The molecular formula is C27H43FN2O. The number of unbranched alkanes of at least 4 members (excludes halogenated alkanes) is 2. The number of allylic oxidation sites excluding steroid dienone is 2. The van der Waals surface area contributed by atoms with E-state index >= 15 is 0 Å². The quantitative estimate of drug-likeness (QED) is 0.429. The molecule has 31 heavy (non-hydrogen) atoms. The van der Waals surface area contributed by atoms with Gasteiger partial charge in [0, 0.05) is 24.4 Å². The van der Waals surface area contributed by atoms with Crippen molar-refractivity contribution < 1.29 is 9.50 Å². The molecule has 0 bridgehead atoms. The van der Waals surface area contributed by atoms with E-state index in [1.54, 1.807) is 0 Å². The molecule has 0 saturated carbocycles. The molecule has 1 aromatic rings. The average Bonchev–Trinajstić information content (AvgIpc) is 2.74. The van der Waals surface area contributed by atoms with Gasteiger partial charge in [-0.1, -0.05) is 66.5 Å². The Labute approximate surface area is 189 Å². The molecule has 2 rings (SSSR count). The van der Waals surface area contributed by atoms with Gasteiger partial charge in [-0.2, -0.15) is 0 Å². The van der Waals surface area contributed by atoms with Gasteiger partial charge in [-0.05, 0) is 54.9 Å². The first-order chi connectivity index (χ1) is 14.7. The van der Waals surface area contributed by atoms with Gasteiger partial charge in [0.1, 0.15) is 5.82 Å². The number of dihydropyridines is 1. The van der Waals surface area contributed by atoms with Crippen molar-refractivity contribution in [3.8, 4) is 0 Å². The Kier molecular flexibility index (Phi) is 9.17. The Morgan fingerprint density at radius 3 is 1.97 bits per heavy atom. The number of aliphatic hydroxyl groups excluding tert-OH is 1. The van der Waals surface area contributed by atoms with Crippen molar-refractivity contribution in [2.75, 3.05) is 19.7 Å². The molecule has 1 aliphatic rings. The number of halogens is 1. The maximum Gasteiger partial charge on any atom is 0.123 e. The Hall–Kier alpha value is -1.81. The molecule has 0 fully saturated rings. The Morgan fingerprint density at radius 1 is 1.00 bits per heavy atom. The predicted octanol–water partition coefficient (Wildman–Crippen LogP) is 6.36. The summed E-state index contributed by atoms with van der Waals surface area (Å²) in [5.74, 6) is 0.341. The van der Waals surface area contributed by atoms with Crippen LogP contribution in [0.5, 0.6) is 0 Å². The average molecular weight is 431 g/mol. The van der Waals surface area contributed by atoms with Gasteiger partial charge in [-0.25, -0.2) is 4.39 Å². The van der Waals surface area contributed by atoms with Gasteiger partial charge in [-0.3, -0.25) is 0 Å². The molecule has 0 radical (unpaired) electrons. The van der Waals surface area contributed by atoms with Crippen LogP contribution < -0.4 is 5.32 Å². The zero-order valence-electron chi connectivity index (χ0n) is 20.7. The summed E-state index contributed by atoms with van der Waals surface area (Å²) in [6.45, 7) is 17.4. The first-order valence-corrected chi connectivity index (χ1v) is 12.1. The maximum absolute atomic E-state index is 13.8. The van der Waals surface area contributed by atoms with Crippen LogP contribution in [0, 0.1) is 17.7 Å². The molecule has 1 aromatic carbocycles. The summed E-state index contributed by atoms with van der Waals surface area (Å²) < 4.78 is 13.8. The highest BCUT2D eigenvalue weighted by atomic mass is 19.1. The standard InChI is InChI=1S/C27H43FN2O/c1-8-10-16-30(17-11-9-2)26-24(21-12-14-22(28)15-13-21)23(18-31)27(7,20(5)6)29-25(26)19(3)4/h12-15,19-20,29,31H,8-11,16-18H2,1-7H3. The number of nitrogens with one attached hydrogen (secondary N) is 1. The Bertz CT molecular complexity index is 771. The van der Waals surface area contributed by atoms with Crippen LogP contribution >= 0.6 is 0 Å². The van der Waals surface area contributed by atoms with Gasteiger partial charge in [0.05, 0.1) is 17.8 Å². The number of hydrogen-bond acceptors (Lipinski definition) is 3. The van der Waals surface area contributed by atoms with E-state index < -0.39 is 0 Å². The monoisotopic (exact) mass is 430 g/mol. The Morgan fingerprint density at radius 2 is 1.55 bits per heavy atom. The first kappa shape index (κ1) is 25.5. The molecule has 0 spiro atoms. The fourth-order valence-corrected chi connectivity index (χ4v) is 4.39. The van der Waals surface area contributed by atoms with Crippen molar-refractivity contribution >= 4 is 5.57 Å². The number of benzene rings is 1. The third-order valence-corrected chi connectivity index (χ3v) is 6.72. The molecular weight excluding hydrogens is 387 g/mol. The second-order valence-electron chi connectivity index (χ2n) is 9.61. The van der Waals surface area contributed by atoms with Gasteiger partial charge in [0.25, 0.3) is 0 Å². The number of rotatable bonds is 11. The smallest absolute Gasteiger partial charge is 0.123 e. The third-order valence-electron chi connectivity index (χ3n) is 6.72. The summed E-state index contributed by atoms with van der Waals surface area (Å²) >= 11 is 0. The summed E-state index contributed by atoms with van der Waals surface area (Å²) in [4.78, 5) is 2.50. The molecule has 1 unspecified atom stereocenters. The molecule has 3 nitrogen and oxygen atoms in total. The number of hydrogen-bond donors (Lipinski definition) is 2. The van der Waals surface area contributed by atoms with Crippen LogP contribution in [0.1, 0.15) is 79.7 Å². The van der Waals surface area contributed by atoms with E-state index in [-0.39, 0.29) is 23.9 Å². The van der Waals surface area contributed by atoms with Crippen molar-refractivity contribution in [3.05, 3.63) is 52.6 Å². The lowest BCUT2D eigenvalue weighted by Gasteiger charge is -2.47. The van der Waals surface area contributed by atoms with Gasteiger partial charge >= 0.3 is 0 Å². The summed E-state index contributed by atoms with van der Waals surface area (Å²) in [6, 6.07) is 6.78. The van der Waals surface area contributed by atoms with Gasteiger partial charge in [-0.15, -0.1) is 0 Å². The molecule has 0 amide bonds. The predicted molar refractivity (Wildman–Crippen MR) is 130 cm³/mol. The lowest BCUT2D eigenvalue weighted by Crippen LogP contribution is -2.54. The minimum atomic E-state index is -0.372. The normalized spacial score (nSPS) is 19.5. The van der Waals surface area contributed by atoms with Gasteiger partial charge in [0.15, 0.2) is 0 Å². The van der Waals surface area contributed by atoms with Crippen molar-refractivity contribution in [1.29, 1.82) is 0 Å². The van der Waals surface area contributed by atoms with Crippen LogP contribution in [0.3, 0.4) is 0 Å². The summed E-state index contributed by atoms with van der Waals surface area (Å²) in [6.07, 6.45) is 4.50. The van der Waals surface area contributed by atoms with Crippen molar-refractivity contribution in [2.45, 2.75) is 79.7 Å². The van der Waals surface area contributed by atoms with Crippen LogP contribution in [-0.4, -0.2) is 35.2 Å². The van der Waals surface area contributed by atoms with Gasteiger partial charge in [0.2, 0.25) is 0 Å². The highest BCUT2D eigenvalue weighted by molar-refractivity contribution is 5.84. The van der Waals surface area contributed by atoms with E-state index in [0.29, 0.717) is 5.92 Å². The summed E-state index contributed by atoms with van der Waals surface area (Å²) in [5.41, 5.74) is 5.08. The van der Waals surface area contributed by atoms with E-state index in [4.69, 9.17) is 0 Å².